The van der Waals surface area contributed by atoms with Crippen LogP contribution in [0.3, 0.4) is 0 Å². The number of aryl methyl sites for hydroxylation is 2. The lowest BCUT2D eigenvalue weighted by Gasteiger charge is -2.28. The standard InChI is InChI=1S/C35H39FN6O4/c1-20-13-21(2)15-22(14-20)16-40-17-26-27(39-40)12-11-24(29(26)36)25-18-41(23-9-10-23)30-28(25)31(38-19-37-30)42(32(43)45-34(3,4)5)33(44)46-35(6,7)8/h11-15,17-19,23H,9-10,16H2,1-8H3. The van der Waals surface area contributed by atoms with Gasteiger partial charge in [-0.3, -0.25) is 4.68 Å². The molecule has 0 saturated heterocycles. The molecule has 0 N–H and O–H groups in total. The Balaban J connectivity index is 1.51. The topological polar surface area (TPSA) is 104 Å². The van der Waals surface area contributed by atoms with Crippen molar-refractivity contribution in [2.45, 2.75) is 92.0 Å². The summed E-state index contributed by atoms with van der Waals surface area (Å²) in [7, 11) is 0. The summed E-state index contributed by atoms with van der Waals surface area (Å²) < 4.78 is 31.5. The first-order chi connectivity index (χ1) is 21.6. The summed E-state index contributed by atoms with van der Waals surface area (Å²) in [5.74, 6) is -0.525. The Bertz CT molecular complexity index is 1950. The summed E-state index contributed by atoms with van der Waals surface area (Å²) in [5, 5.41) is 5.34. The summed E-state index contributed by atoms with van der Waals surface area (Å²) in [6.45, 7) is 14.8. The van der Waals surface area contributed by atoms with Crippen LogP contribution in [0.2, 0.25) is 0 Å². The Morgan fingerprint density at radius 3 is 2.13 bits per heavy atom. The highest BCUT2D eigenvalue weighted by atomic mass is 19.1. The first kappa shape index (κ1) is 31.2. The zero-order chi connectivity index (χ0) is 33.1. The molecule has 1 fully saturated rings. The highest BCUT2D eigenvalue weighted by molar-refractivity contribution is 6.16. The van der Waals surface area contributed by atoms with Crippen molar-refractivity contribution in [3.05, 3.63) is 71.6 Å². The van der Waals surface area contributed by atoms with Gasteiger partial charge in [-0.15, -0.1) is 0 Å². The molecule has 10 nitrogen and oxygen atoms in total. The molecule has 1 aliphatic carbocycles. The van der Waals surface area contributed by atoms with Gasteiger partial charge in [-0.2, -0.15) is 10.00 Å². The molecule has 2 aromatic carbocycles. The summed E-state index contributed by atoms with van der Waals surface area (Å²) in [6, 6.07) is 9.89. The monoisotopic (exact) mass is 626 g/mol. The molecule has 0 unspecified atom stereocenters. The van der Waals surface area contributed by atoms with Crippen LogP contribution in [-0.2, 0) is 16.0 Å². The maximum atomic E-state index is 16.6. The van der Waals surface area contributed by atoms with E-state index in [1.165, 1.54) is 6.33 Å². The Kier molecular flexibility index (Phi) is 7.61. The maximum absolute atomic E-state index is 16.6. The number of carbonyl (C=O) groups is 2. The smallest absolute Gasteiger partial charge is 0.425 e. The fourth-order valence-electron chi connectivity index (χ4n) is 5.68. The number of nitrogens with zero attached hydrogens (tertiary/aromatic N) is 6. The van der Waals surface area contributed by atoms with Crippen LogP contribution in [0, 0.1) is 19.7 Å². The lowest BCUT2D eigenvalue weighted by Crippen LogP contribution is -2.44. The SMILES string of the molecule is Cc1cc(C)cc(Cn2cc3c(F)c(-c4cn(C5CC5)c5ncnc(N(C(=O)OC(C)(C)C)C(=O)OC(C)(C)C)c45)ccc3n2)c1. The van der Waals surface area contributed by atoms with E-state index in [1.54, 1.807) is 64.6 Å². The molecular formula is C35H39FN6O4. The van der Waals surface area contributed by atoms with Crippen LogP contribution in [0.1, 0.15) is 77.1 Å². The zero-order valence-electron chi connectivity index (χ0n) is 27.5. The molecule has 6 rings (SSSR count). The average Bonchev–Trinajstić information content (AvgIpc) is 3.56. The van der Waals surface area contributed by atoms with E-state index in [0.29, 0.717) is 34.0 Å². The minimum absolute atomic E-state index is 0.0482. The first-order valence-corrected chi connectivity index (χ1v) is 15.4. The molecule has 240 valence electrons. The van der Waals surface area contributed by atoms with Gasteiger partial charge in [-0.25, -0.2) is 23.9 Å². The van der Waals surface area contributed by atoms with E-state index in [-0.39, 0.29) is 17.4 Å². The molecule has 0 bridgehead atoms. The van der Waals surface area contributed by atoms with Crippen molar-refractivity contribution >= 4 is 39.9 Å². The second kappa shape index (κ2) is 11.2. The van der Waals surface area contributed by atoms with Crippen molar-refractivity contribution in [3.63, 3.8) is 0 Å². The van der Waals surface area contributed by atoms with Crippen LogP contribution < -0.4 is 4.90 Å². The molecule has 3 aromatic heterocycles. The van der Waals surface area contributed by atoms with Crippen LogP contribution in [0.4, 0.5) is 19.8 Å². The van der Waals surface area contributed by atoms with E-state index in [1.807, 2.05) is 24.6 Å². The van der Waals surface area contributed by atoms with E-state index in [9.17, 15) is 9.59 Å². The number of hydrogen-bond donors (Lipinski definition) is 0. The highest BCUT2D eigenvalue weighted by Gasteiger charge is 2.37. The van der Waals surface area contributed by atoms with E-state index in [2.05, 4.69) is 33.3 Å². The van der Waals surface area contributed by atoms with Gasteiger partial charge in [-0.05, 0) is 85.9 Å². The number of rotatable bonds is 5. The van der Waals surface area contributed by atoms with Crippen molar-refractivity contribution < 1.29 is 23.5 Å². The highest BCUT2D eigenvalue weighted by Crippen LogP contribution is 2.44. The minimum Gasteiger partial charge on any atom is -0.443 e. The second-order valence-electron chi connectivity index (χ2n) is 14.1. The van der Waals surface area contributed by atoms with Gasteiger partial charge >= 0.3 is 12.2 Å². The normalized spacial score (nSPS) is 13.8. The van der Waals surface area contributed by atoms with Gasteiger partial charge in [-0.1, -0.05) is 29.3 Å². The predicted molar refractivity (Wildman–Crippen MR) is 174 cm³/mol. The fraction of sp³-hybridized carbons (Fsp3) is 0.400. The Hall–Kier alpha value is -4.80. The number of carbonyl (C=O) groups excluding carboxylic acids is 2. The van der Waals surface area contributed by atoms with Crippen LogP contribution >= 0.6 is 0 Å². The molecule has 46 heavy (non-hydrogen) atoms. The molecule has 3 heterocycles. The Morgan fingerprint density at radius 1 is 0.913 bits per heavy atom. The fourth-order valence-corrected chi connectivity index (χ4v) is 5.68. The summed E-state index contributed by atoms with van der Waals surface area (Å²) >= 11 is 0. The number of imide groups is 1. The number of benzene rings is 2. The maximum Gasteiger partial charge on any atom is 0.425 e. The van der Waals surface area contributed by atoms with Gasteiger partial charge in [0.15, 0.2) is 5.82 Å². The van der Waals surface area contributed by atoms with Gasteiger partial charge in [0.25, 0.3) is 0 Å². The van der Waals surface area contributed by atoms with Gasteiger partial charge in [0.05, 0.1) is 22.8 Å². The van der Waals surface area contributed by atoms with Gasteiger partial charge in [0.1, 0.15) is 29.0 Å². The van der Waals surface area contributed by atoms with E-state index in [0.717, 1.165) is 34.4 Å². The van der Waals surface area contributed by atoms with Gasteiger partial charge in [0, 0.05) is 29.6 Å². The zero-order valence-corrected chi connectivity index (χ0v) is 27.5. The molecule has 5 aromatic rings. The van der Waals surface area contributed by atoms with Crippen LogP contribution in [0.5, 0.6) is 0 Å². The van der Waals surface area contributed by atoms with Crippen molar-refractivity contribution in [1.29, 1.82) is 0 Å². The largest absolute Gasteiger partial charge is 0.443 e. The number of halogens is 1. The molecule has 11 heteroatoms. The molecule has 0 radical (unpaired) electrons. The van der Waals surface area contributed by atoms with Gasteiger partial charge in [0.2, 0.25) is 0 Å². The number of aromatic nitrogens is 5. The third kappa shape index (κ3) is 6.31. The van der Waals surface area contributed by atoms with E-state index < -0.39 is 29.2 Å². The second-order valence-corrected chi connectivity index (χ2v) is 14.1. The summed E-state index contributed by atoms with van der Waals surface area (Å²) in [4.78, 5) is 37.0. The molecule has 1 aliphatic rings. The molecule has 0 atom stereocenters. The quantitative estimate of drug-likeness (QED) is 0.193. The molecule has 2 amide bonds. The number of hydrogen-bond acceptors (Lipinski definition) is 7. The lowest BCUT2D eigenvalue weighted by molar-refractivity contribution is 0.0429. The predicted octanol–water partition coefficient (Wildman–Crippen LogP) is 8.26. The Morgan fingerprint density at radius 2 is 1.54 bits per heavy atom. The van der Waals surface area contributed by atoms with Crippen molar-refractivity contribution in [3.8, 4) is 11.1 Å². The van der Waals surface area contributed by atoms with E-state index in [4.69, 9.17) is 9.47 Å². The van der Waals surface area contributed by atoms with Crippen LogP contribution in [0.25, 0.3) is 33.1 Å². The molecule has 0 aliphatic heterocycles. The summed E-state index contributed by atoms with van der Waals surface area (Å²) in [6.07, 6.45) is 4.75. The minimum atomic E-state index is -0.963. The third-order valence-electron chi connectivity index (χ3n) is 7.48. The van der Waals surface area contributed by atoms with Crippen molar-refractivity contribution in [2.24, 2.45) is 0 Å². The Labute approximate surface area is 267 Å². The van der Waals surface area contributed by atoms with Crippen molar-refractivity contribution in [2.75, 3.05) is 4.90 Å². The third-order valence-corrected chi connectivity index (χ3v) is 7.48. The van der Waals surface area contributed by atoms with Crippen LogP contribution in [-0.4, -0.2) is 47.7 Å². The van der Waals surface area contributed by atoms with Gasteiger partial charge < -0.3 is 14.0 Å². The first-order valence-electron chi connectivity index (χ1n) is 15.4. The average molecular weight is 627 g/mol. The number of amides is 2. The number of ether oxygens (including phenoxy) is 2. The number of fused-ring (bicyclic) bond motifs is 2. The molecule has 1 saturated carbocycles. The molecule has 0 spiro atoms. The van der Waals surface area contributed by atoms with Crippen LogP contribution in [0.15, 0.2) is 49.1 Å². The summed E-state index contributed by atoms with van der Waals surface area (Å²) in [5.41, 5.74) is 3.24. The van der Waals surface area contributed by atoms with Crippen molar-refractivity contribution in [1.82, 2.24) is 24.3 Å². The molecular weight excluding hydrogens is 587 g/mol. The lowest BCUT2D eigenvalue weighted by atomic mass is 10.0. The van der Waals surface area contributed by atoms with E-state index >= 15 is 4.39 Å². The number of anilines is 1.